The molecule has 0 aliphatic carbocycles. The van der Waals surface area contributed by atoms with Crippen molar-refractivity contribution in [3.05, 3.63) is 77.2 Å². The van der Waals surface area contributed by atoms with Crippen LogP contribution in [-0.4, -0.2) is 21.5 Å². The summed E-state index contributed by atoms with van der Waals surface area (Å²) < 4.78 is 0. The van der Waals surface area contributed by atoms with Crippen LogP contribution in [-0.2, 0) is 13.0 Å². The summed E-state index contributed by atoms with van der Waals surface area (Å²) in [5, 5.41) is 7.28. The van der Waals surface area contributed by atoms with Gasteiger partial charge in [0.15, 0.2) is 0 Å². The molecule has 1 aromatic carbocycles. The van der Waals surface area contributed by atoms with Gasteiger partial charge in [0.25, 0.3) is 0 Å². The molecule has 0 spiro atoms. The molecule has 2 heterocycles. The number of halogens is 1. The highest BCUT2D eigenvalue weighted by Crippen LogP contribution is 2.11. The maximum Gasteiger partial charge on any atom is 0.224 e. The summed E-state index contributed by atoms with van der Waals surface area (Å²) in [6.45, 7) is 1.46. The van der Waals surface area contributed by atoms with Crippen LogP contribution in [0, 0.1) is 0 Å². The van der Waals surface area contributed by atoms with Crippen LogP contribution in [0.25, 0.3) is 0 Å². The minimum absolute atomic E-state index is 0.615. The molecule has 24 heavy (non-hydrogen) atoms. The molecule has 6 heteroatoms. The normalized spacial score (nSPS) is 10.4. The van der Waals surface area contributed by atoms with Crippen molar-refractivity contribution in [1.82, 2.24) is 15.0 Å². The van der Waals surface area contributed by atoms with Crippen LogP contribution in [0.15, 0.2) is 61.1 Å². The molecule has 2 aromatic heterocycles. The van der Waals surface area contributed by atoms with E-state index >= 15 is 0 Å². The maximum absolute atomic E-state index is 5.89. The van der Waals surface area contributed by atoms with Crippen molar-refractivity contribution in [2.75, 3.05) is 17.2 Å². The number of benzene rings is 1. The van der Waals surface area contributed by atoms with Gasteiger partial charge in [0.1, 0.15) is 5.82 Å². The van der Waals surface area contributed by atoms with Gasteiger partial charge in [0.2, 0.25) is 5.95 Å². The second-order valence-electron chi connectivity index (χ2n) is 5.28. The summed E-state index contributed by atoms with van der Waals surface area (Å²) in [6, 6.07) is 13.6. The molecule has 0 aliphatic rings. The van der Waals surface area contributed by atoms with Gasteiger partial charge in [-0.2, -0.15) is 4.98 Å². The fourth-order valence-corrected chi connectivity index (χ4v) is 2.33. The molecule has 0 unspecified atom stereocenters. The lowest BCUT2D eigenvalue weighted by molar-refractivity contribution is 0.979. The molecular weight excluding hydrogens is 322 g/mol. The van der Waals surface area contributed by atoms with E-state index in [0.29, 0.717) is 12.5 Å². The Morgan fingerprint density at radius 3 is 2.42 bits per heavy atom. The van der Waals surface area contributed by atoms with Crippen LogP contribution in [0.2, 0.25) is 5.02 Å². The standard InChI is InChI=1S/C18H18ClN5/c19-16-3-1-14(2-4-16)7-11-21-18-22-12-8-17(24-18)23-13-15-5-9-20-10-6-15/h1-6,8-10,12H,7,11,13H2,(H2,21,22,23,24). The maximum atomic E-state index is 5.89. The van der Waals surface area contributed by atoms with Crippen LogP contribution in [0.4, 0.5) is 11.8 Å². The minimum atomic E-state index is 0.615. The molecular formula is C18H18ClN5. The molecule has 0 atom stereocenters. The summed E-state index contributed by atoms with van der Waals surface area (Å²) in [7, 11) is 0. The second-order valence-corrected chi connectivity index (χ2v) is 5.71. The minimum Gasteiger partial charge on any atom is -0.366 e. The number of anilines is 2. The zero-order valence-corrected chi connectivity index (χ0v) is 13.9. The summed E-state index contributed by atoms with van der Waals surface area (Å²) >= 11 is 5.89. The van der Waals surface area contributed by atoms with E-state index < -0.39 is 0 Å². The first-order valence-electron chi connectivity index (χ1n) is 7.74. The average molecular weight is 340 g/mol. The molecule has 3 rings (SSSR count). The average Bonchev–Trinajstić information content (AvgIpc) is 2.63. The van der Waals surface area contributed by atoms with Gasteiger partial charge in [-0.3, -0.25) is 4.98 Å². The Kier molecular flexibility index (Phi) is 5.58. The number of aromatic nitrogens is 3. The fraction of sp³-hybridized carbons (Fsp3) is 0.167. The summed E-state index contributed by atoms with van der Waals surface area (Å²) in [6.07, 6.45) is 6.18. The van der Waals surface area contributed by atoms with E-state index in [1.54, 1.807) is 18.6 Å². The van der Waals surface area contributed by atoms with Crippen molar-refractivity contribution in [3.63, 3.8) is 0 Å². The highest BCUT2D eigenvalue weighted by molar-refractivity contribution is 6.30. The lowest BCUT2D eigenvalue weighted by atomic mass is 10.1. The SMILES string of the molecule is Clc1ccc(CCNc2nccc(NCc3ccncc3)n2)cc1. The first-order valence-corrected chi connectivity index (χ1v) is 8.11. The Hall–Kier alpha value is -2.66. The third-order valence-electron chi connectivity index (χ3n) is 3.49. The predicted octanol–water partition coefficient (Wildman–Crippen LogP) is 3.79. The van der Waals surface area contributed by atoms with Crippen molar-refractivity contribution in [2.45, 2.75) is 13.0 Å². The molecule has 0 saturated heterocycles. The van der Waals surface area contributed by atoms with Crippen LogP contribution >= 0.6 is 11.6 Å². The van der Waals surface area contributed by atoms with Crippen molar-refractivity contribution in [3.8, 4) is 0 Å². The van der Waals surface area contributed by atoms with Crippen LogP contribution < -0.4 is 10.6 Å². The van der Waals surface area contributed by atoms with Crippen LogP contribution in [0.1, 0.15) is 11.1 Å². The van der Waals surface area contributed by atoms with Gasteiger partial charge >= 0.3 is 0 Å². The van der Waals surface area contributed by atoms with E-state index in [9.17, 15) is 0 Å². The Bertz CT molecular complexity index is 762. The van der Waals surface area contributed by atoms with Crippen molar-refractivity contribution < 1.29 is 0 Å². The highest BCUT2D eigenvalue weighted by atomic mass is 35.5. The fourth-order valence-electron chi connectivity index (χ4n) is 2.21. The van der Waals surface area contributed by atoms with E-state index in [0.717, 1.165) is 29.4 Å². The largest absolute Gasteiger partial charge is 0.366 e. The lowest BCUT2D eigenvalue weighted by Crippen LogP contribution is -2.09. The van der Waals surface area contributed by atoms with E-state index in [-0.39, 0.29) is 0 Å². The Morgan fingerprint density at radius 1 is 0.833 bits per heavy atom. The third-order valence-corrected chi connectivity index (χ3v) is 3.74. The summed E-state index contributed by atoms with van der Waals surface area (Å²) in [5.41, 5.74) is 2.37. The molecule has 0 radical (unpaired) electrons. The quantitative estimate of drug-likeness (QED) is 0.685. The molecule has 2 N–H and O–H groups in total. The van der Waals surface area contributed by atoms with E-state index in [1.165, 1.54) is 5.56 Å². The zero-order valence-electron chi connectivity index (χ0n) is 13.1. The van der Waals surface area contributed by atoms with Crippen molar-refractivity contribution in [2.24, 2.45) is 0 Å². The second kappa shape index (κ2) is 8.26. The van der Waals surface area contributed by atoms with Gasteiger partial charge in [-0.25, -0.2) is 4.98 Å². The number of pyridine rings is 1. The van der Waals surface area contributed by atoms with Gasteiger partial charge < -0.3 is 10.6 Å². The highest BCUT2D eigenvalue weighted by Gasteiger charge is 2.00. The predicted molar refractivity (Wildman–Crippen MR) is 97.2 cm³/mol. The number of rotatable bonds is 7. The van der Waals surface area contributed by atoms with Gasteiger partial charge in [0, 0.05) is 36.7 Å². The van der Waals surface area contributed by atoms with E-state index in [4.69, 9.17) is 11.6 Å². The lowest BCUT2D eigenvalue weighted by Gasteiger charge is -2.08. The third kappa shape index (κ3) is 4.93. The molecule has 0 saturated carbocycles. The zero-order chi connectivity index (χ0) is 16.6. The molecule has 3 aromatic rings. The van der Waals surface area contributed by atoms with Gasteiger partial charge in [-0.15, -0.1) is 0 Å². The van der Waals surface area contributed by atoms with Gasteiger partial charge in [-0.1, -0.05) is 23.7 Å². The first-order chi connectivity index (χ1) is 11.8. The van der Waals surface area contributed by atoms with Crippen LogP contribution in [0.5, 0.6) is 0 Å². The Balaban J connectivity index is 1.50. The monoisotopic (exact) mass is 339 g/mol. The smallest absolute Gasteiger partial charge is 0.224 e. The molecule has 0 aliphatic heterocycles. The van der Waals surface area contributed by atoms with Gasteiger partial charge in [0.05, 0.1) is 0 Å². The number of nitrogens with one attached hydrogen (secondary N) is 2. The topological polar surface area (TPSA) is 62.7 Å². The summed E-state index contributed by atoms with van der Waals surface area (Å²) in [5.74, 6) is 1.40. The number of hydrogen-bond acceptors (Lipinski definition) is 5. The molecule has 0 fully saturated rings. The van der Waals surface area contributed by atoms with E-state index in [2.05, 4.69) is 25.6 Å². The summed E-state index contributed by atoms with van der Waals surface area (Å²) in [4.78, 5) is 12.7. The molecule has 5 nitrogen and oxygen atoms in total. The number of hydrogen-bond donors (Lipinski definition) is 2. The van der Waals surface area contributed by atoms with Gasteiger partial charge in [-0.05, 0) is 47.9 Å². The van der Waals surface area contributed by atoms with E-state index in [1.807, 2.05) is 42.5 Å². The van der Waals surface area contributed by atoms with Crippen LogP contribution in [0.3, 0.4) is 0 Å². The number of nitrogens with zero attached hydrogens (tertiary/aromatic N) is 3. The Labute approximate surface area is 146 Å². The Morgan fingerprint density at radius 2 is 1.62 bits per heavy atom. The van der Waals surface area contributed by atoms with Crippen molar-refractivity contribution >= 4 is 23.4 Å². The first kappa shape index (κ1) is 16.2. The molecule has 0 bridgehead atoms. The molecule has 122 valence electrons. The van der Waals surface area contributed by atoms with Crippen molar-refractivity contribution in [1.29, 1.82) is 0 Å². The molecule has 0 amide bonds.